The molecule has 2 heterocycles. The molecule has 4 aromatic rings. The van der Waals surface area contributed by atoms with E-state index in [1.54, 1.807) is 23.9 Å². The number of carbonyl (C=O) groups excluding carboxylic acids is 2. The fraction of sp³-hybridized carbons (Fsp3) is 0.258. The van der Waals surface area contributed by atoms with Crippen molar-refractivity contribution in [3.63, 3.8) is 0 Å². The molecule has 206 valence electrons. The van der Waals surface area contributed by atoms with Crippen molar-refractivity contribution in [3.8, 4) is 16.9 Å². The average molecular weight is 559 g/mol. The van der Waals surface area contributed by atoms with Gasteiger partial charge in [0.05, 0.1) is 29.0 Å². The highest BCUT2D eigenvalue weighted by atomic mass is 32.2. The van der Waals surface area contributed by atoms with E-state index in [1.165, 1.54) is 28.8 Å². The van der Waals surface area contributed by atoms with Crippen LogP contribution in [0.3, 0.4) is 0 Å². The smallest absolute Gasteiger partial charge is 0.240 e. The van der Waals surface area contributed by atoms with Crippen molar-refractivity contribution in [1.82, 2.24) is 15.1 Å². The fourth-order valence-electron chi connectivity index (χ4n) is 4.93. The van der Waals surface area contributed by atoms with Gasteiger partial charge in [0.15, 0.2) is 0 Å². The molecule has 0 saturated heterocycles. The van der Waals surface area contributed by atoms with Crippen LogP contribution in [0.25, 0.3) is 16.9 Å². The molecule has 0 spiro atoms. The van der Waals surface area contributed by atoms with Crippen molar-refractivity contribution in [2.45, 2.75) is 19.1 Å². The number of benzene rings is 3. The van der Waals surface area contributed by atoms with Gasteiger partial charge in [-0.2, -0.15) is 5.10 Å². The Balaban J connectivity index is 1.77. The van der Waals surface area contributed by atoms with Crippen LogP contribution in [0.5, 0.6) is 0 Å². The van der Waals surface area contributed by atoms with E-state index in [2.05, 4.69) is 11.4 Å². The van der Waals surface area contributed by atoms with E-state index in [0.717, 1.165) is 33.5 Å². The molecular formula is C31H31FN4O3S. The number of fused-ring (bicyclic) bond motifs is 1. The molecule has 0 aliphatic carbocycles. The topological polar surface area (TPSA) is 76.5 Å². The maximum Gasteiger partial charge on any atom is 0.240 e. The van der Waals surface area contributed by atoms with E-state index in [-0.39, 0.29) is 35.2 Å². The first-order valence-electron chi connectivity index (χ1n) is 13.1. The number of methoxy groups -OCH3 is 1. The first-order chi connectivity index (χ1) is 19.4. The standard InChI is InChI=1S/C31H31FN4O3S/c1-20-9-14-25(21(2)17-20)36-31-28(29(34-36)22-7-5-4-6-8-22)30(23-10-12-24(32)13-11-23)40-19-27(38)35(31)18-26(37)33-15-16-39-3/h4-14,17,30H,15-16,18-19H2,1-3H3,(H,33,37)/t30-/m1/s1. The van der Waals surface area contributed by atoms with Crippen molar-refractivity contribution < 1.29 is 18.7 Å². The van der Waals surface area contributed by atoms with Crippen molar-refractivity contribution in [2.75, 3.05) is 37.5 Å². The number of rotatable bonds is 8. The Morgan fingerprint density at radius 2 is 1.85 bits per heavy atom. The highest BCUT2D eigenvalue weighted by molar-refractivity contribution is 8.00. The number of nitrogens with one attached hydrogen (secondary N) is 1. The van der Waals surface area contributed by atoms with E-state index >= 15 is 0 Å². The van der Waals surface area contributed by atoms with Gasteiger partial charge >= 0.3 is 0 Å². The van der Waals surface area contributed by atoms with Gasteiger partial charge in [0.2, 0.25) is 11.8 Å². The molecular weight excluding hydrogens is 527 g/mol. The van der Waals surface area contributed by atoms with E-state index in [1.807, 2.05) is 56.3 Å². The SMILES string of the molecule is COCCNC(=O)CN1C(=O)CS[C@H](c2ccc(F)cc2)c2c(-c3ccccc3)nn(-c3ccc(C)cc3C)c21. The third-order valence-corrected chi connectivity index (χ3v) is 8.07. The third-order valence-electron chi connectivity index (χ3n) is 6.82. The van der Waals surface area contributed by atoms with Crippen molar-refractivity contribution in [1.29, 1.82) is 0 Å². The number of aryl methyl sites for hydroxylation is 2. The molecule has 1 atom stereocenters. The maximum absolute atomic E-state index is 13.9. The second-order valence-electron chi connectivity index (χ2n) is 9.72. The van der Waals surface area contributed by atoms with E-state index < -0.39 is 0 Å². The average Bonchev–Trinajstić information content (AvgIpc) is 3.26. The summed E-state index contributed by atoms with van der Waals surface area (Å²) in [6, 6.07) is 22.2. The predicted octanol–water partition coefficient (Wildman–Crippen LogP) is 5.23. The Bertz CT molecular complexity index is 1520. The van der Waals surface area contributed by atoms with Crippen molar-refractivity contribution >= 4 is 29.4 Å². The number of thioether (sulfide) groups is 1. The minimum absolute atomic E-state index is 0.142. The molecule has 0 fully saturated rings. The molecule has 0 radical (unpaired) electrons. The monoisotopic (exact) mass is 558 g/mol. The van der Waals surface area contributed by atoms with Crippen LogP contribution in [0.1, 0.15) is 27.5 Å². The van der Waals surface area contributed by atoms with Gasteiger partial charge in [0, 0.05) is 24.8 Å². The minimum Gasteiger partial charge on any atom is -0.383 e. The molecule has 1 N–H and O–H groups in total. The molecule has 2 amide bonds. The number of halogens is 1. The first kappa shape index (κ1) is 27.6. The number of ether oxygens (including phenoxy) is 1. The van der Waals surface area contributed by atoms with Gasteiger partial charge in [-0.1, -0.05) is 60.2 Å². The second kappa shape index (κ2) is 12.1. The van der Waals surface area contributed by atoms with Gasteiger partial charge in [-0.15, -0.1) is 11.8 Å². The first-order valence-corrected chi connectivity index (χ1v) is 14.1. The largest absolute Gasteiger partial charge is 0.383 e. The van der Waals surface area contributed by atoms with Crippen LogP contribution in [0, 0.1) is 19.7 Å². The maximum atomic E-state index is 13.9. The predicted molar refractivity (Wildman–Crippen MR) is 156 cm³/mol. The van der Waals surface area contributed by atoms with Crippen LogP contribution in [0.4, 0.5) is 10.2 Å². The second-order valence-corrected chi connectivity index (χ2v) is 10.8. The van der Waals surface area contributed by atoms with E-state index in [0.29, 0.717) is 24.7 Å². The van der Waals surface area contributed by atoms with Crippen molar-refractivity contribution in [3.05, 3.63) is 101 Å². The van der Waals surface area contributed by atoms with Gasteiger partial charge in [-0.05, 0) is 43.2 Å². The fourth-order valence-corrected chi connectivity index (χ4v) is 6.13. The third kappa shape index (κ3) is 5.66. The van der Waals surface area contributed by atoms with Gasteiger partial charge in [0.1, 0.15) is 18.2 Å². The number of hydrogen-bond acceptors (Lipinski definition) is 5. The Kier molecular flexibility index (Phi) is 8.32. The lowest BCUT2D eigenvalue weighted by molar-refractivity contribution is -0.123. The molecule has 0 unspecified atom stereocenters. The Morgan fingerprint density at radius 3 is 2.55 bits per heavy atom. The number of carbonyl (C=O) groups is 2. The number of aromatic nitrogens is 2. The van der Waals surface area contributed by atoms with Gasteiger partial charge in [0.25, 0.3) is 0 Å². The van der Waals surface area contributed by atoms with Crippen LogP contribution in [0.2, 0.25) is 0 Å². The summed E-state index contributed by atoms with van der Waals surface area (Å²) in [6.45, 7) is 4.56. The summed E-state index contributed by atoms with van der Waals surface area (Å²) in [5.74, 6) is -0.151. The molecule has 1 aromatic heterocycles. The quantitative estimate of drug-likeness (QED) is 0.300. The summed E-state index contributed by atoms with van der Waals surface area (Å²) < 4.78 is 20.8. The lowest BCUT2D eigenvalue weighted by Crippen LogP contribution is -2.43. The number of nitrogens with zero attached hydrogens (tertiary/aromatic N) is 3. The lowest BCUT2D eigenvalue weighted by atomic mass is 9.99. The molecule has 5 rings (SSSR count). The Labute approximate surface area is 237 Å². The van der Waals surface area contributed by atoms with Gasteiger partial charge < -0.3 is 10.1 Å². The number of amides is 2. The van der Waals surface area contributed by atoms with Crippen LogP contribution in [0.15, 0.2) is 72.8 Å². The summed E-state index contributed by atoms with van der Waals surface area (Å²) in [6.07, 6.45) is 0. The Hall–Kier alpha value is -3.95. The van der Waals surface area contributed by atoms with Crippen LogP contribution in [-0.4, -0.2) is 54.2 Å². The van der Waals surface area contributed by atoms with Gasteiger partial charge in [-0.25, -0.2) is 9.07 Å². The molecule has 7 nitrogen and oxygen atoms in total. The van der Waals surface area contributed by atoms with Crippen LogP contribution < -0.4 is 10.2 Å². The molecule has 9 heteroatoms. The van der Waals surface area contributed by atoms with Gasteiger partial charge in [-0.3, -0.25) is 14.5 Å². The van der Waals surface area contributed by atoms with Crippen molar-refractivity contribution in [2.24, 2.45) is 0 Å². The van der Waals surface area contributed by atoms with E-state index in [9.17, 15) is 14.0 Å². The summed E-state index contributed by atoms with van der Waals surface area (Å²) in [5, 5.41) is 7.62. The highest BCUT2D eigenvalue weighted by Crippen LogP contribution is 2.48. The van der Waals surface area contributed by atoms with Crippen LogP contribution >= 0.6 is 11.8 Å². The normalized spacial score (nSPS) is 15.1. The summed E-state index contributed by atoms with van der Waals surface area (Å²) >= 11 is 1.45. The molecule has 40 heavy (non-hydrogen) atoms. The Morgan fingerprint density at radius 1 is 1.10 bits per heavy atom. The van der Waals surface area contributed by atoms with E-state index in [4.69, 9.17) is 9.84 Å². The molecule has 1 aliphatic rings. The molecule has 0 saturated carbocycles. The number of hydrogen-bond donors (Lipinski definition) is 1. The molecule has 0 bridgehead atoms. The summed E-state index contributed by atoms with van der Waals surface area (Å²) in [5.41, 5.74) is 6.14. The highest BCUT2D eigenvalue weighted by Gasteiger charge is 2.37. The zero-order valence-corrected chi connectivity index (χ0v) is 23.5. The molecule has 1 aliphatic heterocycles. The summed E-state index contributed by atoms with van der Waals surface area (Å²) in [4.78, 5) is 28.3. The molecule has 3 aromatic carbocycles. The zero-order chi connectivity index (χ0) is 28.2. The minimum atomic E-state index is -0.331. The summed E-state index contributed by atoms with van der Waals surface area (Å²) in [7, 11) is 1.57. The zero-order valence-electron chi connectivity index (χ0n) is 22.7. The lowest BCUT2D eigenvalue weighted by Gasteiger charge is -2.24. The van der Waals surface area contributed by atoms with Crippen LogP contribution in [-0.2, 0) is 14.3 Å². The number of anilines is 1.